The van der Waals surface area contributed by atoms with Crippen LogP contribution in [-0.2, 0) is 6.42 Å². The Morgan fingerprint density at radius 2 is 1.95 bits per heavy atom. The molecule has 0 fully saturated rings. The van der Waals surface area contributed by atoms with Crippen LogP contribution in [0, 0.1) is 0 Å². The zero-order chi connectivity index (χ0) is 15.5. The van der Waals surface area contributed by atoms with Gasteiger partial charge < -0.3 is 10.2 Å². The van der Waals surface area contributed by atoms with E-state index in [9.17, 15) is 0 Å². The fraction of sp³-hybridized carbons (Fsp3) is 0.500. The summed E-state index contributed by atoms with van der Waals surface area (Å²) in [7, 11) is 6.39. The van der Waals surface area contributed by atoms with Crippen molar-refractivity contribution in [2.24, 2.45) is 0 Å². The van der Waals surface area contributed by atoms with Crippen molar-refractivity contribution in [3.05, 3.63) is 42.1 Å². The molecule has 0 saturated carbocycles. The van der Waals surface area contributed by atoms with Crippen LogP contribution in [0.25, 0.3) is 10.9 Å². The number of benzene rings is 1. The third-order valence-corrected chi connectivity index (χ3v) is 5.00. The molecule has 2 aromatic rings. The lowest BCUT2D eigenvalue weighted by Crippen LogP contribution is -2.56. The smallest absolute Gasteiger partial charge is 0.0704 e. The molecule has 1 aromatic heterocycles. The van der Waals surface area contributed by atoms with Gasteiger partial charge in [0, 0.05) is 23.2 Å². The number of hydrogen-bond donors (Lipinski definition) is 1. The largest absolute Gasteiger partial charge is 0.315 e. The summed E-state index contributed by atoms with van der Waals surface area (Å²) in [5, 5.41) is 4.79. The molecule has 1 aromatic carbocycles. The molecule has 2 rings (SSSR count). The number of para-hydroxylation sites is 1. The quantitative estimate of drug-likeness (QED) is 0.884. The van der Waals surface area contributed by atoms with Gasteiger partial charge in [-0.15, -0.1) is 0 Å². The van der Waals surface area contributed by atoms with Gasteiger partial charge >= 0.3 is 0 Å². The normalized spacial score (nSPS) is 16.1. The molecule has 2 unspecified atom stereocenters. The van der Waals surface area contributed by atoms with Gasteiger partial charge in [0.25, 0.3) is 0 Å². The fourth-order valence-corrected chi connectivity index (χ4v) is 3.06. The summed E-state index contributed by atoms with van der Waals surface area (Å²) in [6.45, 7) is 4.59. The molecule has 3 nitrogen and oxygen atoms in total. The lowest BCUT2D eigenvalue weighted by Gasteiger charge is -2.43. The van der Waals surface area contributed by atoms with Crippen molar-refractivity contribution in [2.45, 2.75) is 38.3 Å². The minimum Gasteiger partial charge on any atom is -0.315 e. The van der Waals surface area contributed by atoms with Crippen molar-refractivity contribution in [1.82, 2.24) is 15.2 Å². The molecule has 21 heavy (non-hydrogen) atoms. The van der Waals surface area contributed by atoms with Crippen LogP contribution in [0.1, 0.15) is 25.8 Å². The van der Waals surface area contributed by atoms with Crippen LogP contribution < -0.4 is 5.32 Å². The standard InChI is InChI=1S/C18H27N3/c1-6-18(2,21(4)5)17(19-3)13-14-11-12-20-16-10-8-7-9-15(14)16/h7-12,17,19H,6,13H2,1-5H3. The molecular formula is C18H27N3. The Labute approximate surface area is 128 Å². The van der Waals surface area contributed by atoms with Crippen LogP contribution in [0.2, 0.25) is 0 Å². The van der Waals surface area contributed by atoms with Gasteiger partial charge in [-0.2, -0.15) is 0 Å². The first kappa shape index (κ1) is 15.9. The first-order chi connectivity index (χ1) is 10.0. The summed E-state index contributed by atoms with van der Waals surface area (Å²) in [5.74, 6) is 0. The second kappa shape index (κ2) is 6.54. The van der Waals surface area contributed by atoms with Crippen LogP contribution >= 0.6 is 0 Å². The van der Waals surface area contributed by atoms with E-state index in [1.165, 1.54) is 10.9 Å². The molecule has 0 bridgehead atoms. The van der Waals surface area contributed by atoms with Gasteiger partial charge in [-0.1, -0.05) is 25.1 Å². The predicted molar refractivity (Wildman–Crippen MR) is 90.7 cm³/mol. The molecule has 0 aliphatic rings. The minimum atomic E-state index is 0.124. The van der Waals surface area contributed by atoms with Crippen molar-refractivity contribution >= 4 is 10.9 Å². The summed E-state index contributed by atoms with van der Waals surface area (Å²) in [5.41, 5.74) is 2.56. The van der Waals surface area contributed by atoms with Crippen LogP contribution in [0.3, 0.4) is 0 Å². The van der Waals surface area contributed by atoms with Gasteiger partial charge in [-0.05, 0) is 58.6 Å². The van der Waals surface area contributed by atoms with E-state index in [1.54, 1.807) is 0 Å². The molecule has 0 amide bonds. The van der Waals surface area contributed by atoms with Crippen molar-refractivity contribution in [3.8, 4) is 0 Å². The Balaban J connectivity index is 2.37. The molecule has 0 spiro atoms. The molecule has 0 aliphatic heterocycles. The molecule has 2 atom stereocenters. The van der Waals surface area contributed by atoms with Crippen LogP contribution in [-0.4, -0.2) is 42.6 Å². The number of pyridine rings is 1. The Bertz CT molecular complexity index is 589. The third kappa shape index (κ3) is 3.09. The SMILES string of the molecule is CCC(C)(C(Cc1ccnc2ccccc12)NC)N(C)C. The van der Waals surface area contributed by atoms with Crippen molar-refractivity contribution in [1.29, 1.82) is 0 Å². The number of hydrogen-bond acceptors (Lipinski definition) is 3. The molecule has 0 aliphatic carbocycles. The van der Waals surface area contributed by atoms with Gasteiger partial charge in [0.05, 0.1) is 5.52 Å². The fourth-order valence-electron chi connectivity index (χ4n) is 3.06. The second-order valence-corrected chi connectivity index (χ2v) is 6.14. The summed E-state index contributed by atoms with van der Waals surface area (Å²) in [6.07, 6.45) is 4.03. The average molecular weight is 285 g/mol. The number of fused-ring (bicyclic) bond motifs is 1. The molecule has 0 saturated heterocycles. The van der Waals surface area contributed by atoms with E-state index in [4.69, 9.17) is 0 Å². The Kier molecular flexibility index (Phi) is 4.96. The van der Waals surface area contributed by atoms with E-state index >= 15 is 0 Å². The maximum Gasteiger partial charge on any atom is 0.0704 e. The van der Waals surface area contributed by atoms with Crippen LogP contribution in [0.15, 0.2) is 36.5 Å². The summed E-state index contributed by atoms with van der Waals surface area (Å²) < 4.78 is 0. The summed E-state index contributed by atoms with van der Waals surface area (Å²) >= 11 is 0. The number of rotatable bonds is 6. The topological polar surface area (TPSA) is 28.2 Å². The van der Waals surface area contributed by atoms with E-state index in [0.717, 1.165) is 18.4 Å². The van der Waals surface area contributed by atoms with Crippen molar-refractivity contribution < 1.29 is 0 Å². The lowest BCUT2D eigenvalue weighted by molar-refractivity contribution is 0.116. The highest BCUT2D eigenvalue weighted by Gasteiger charge is 2.33. The molecular weight excluding hydrogens is 258 g/mol. The maximum atomic E-state index is 4.46. The Morgan fingerprint density at radius 1 is 1.24 bits per heavy atom. The molecule has 114 valence electrons. The monoisotopic (exact) mass is 285 g/mol. The Hall–Kier alpha value is -1.45. The first-order valence-corrected chi connectivity index (χ1v) is 7.70. The van der Waals surface area contributed by atoms with Gasteiger partial charge in [0.2, 0.25) is 0 Å². The van der Waals surface area contributed by atoms with Gasteiger partial charge in [0.15, 0.2) is 0 Å². The average Bonchev–Trinajstić information content (AvgIpc) is 2.51. The zero-order valence-electron chi connectivity index (χ0n) is 13.9. The zero-order valence-corrected chi connectivity index (χ0v) is 13.9. The molecule has 3 heteroatoms. The van der Waals surface area contributed by atoms with E-state index in [2.05, 4.69) is 74.5 Å². The van der Waals surface area contributed by atoms with E-state index < -0.39 is 0 Å². The van der Waals surface area contributed by atoms with Gasteiger partial charge in [0.1, 0.15) is 0 Å². The third-order valence-electron chi connectivity index (χ3n) is 5.00. The number of nitrogens with zero attached hydrogens (tertiary/aromatic N) is 2. The molecule has 1 N–H and O–H groups in total. The summed E-state index contributed by atoms with van der Waals surface area (Å²) in [6, 6.07) is 10.9. The van der Waals surface area contributed by atoms with E-state index in [-0.39, 0.29) is 5.54 Å². The second-order valence-electron chi connectivity index (χ2n) is 6.14. The highest BCUT2D eigenvalue weighted by atomic mass is 15.2. The number of nitrogens with one attached hydrogen (secondary N) is 1. The van der Waals surface area contributed by atoms with Crippen molar-refractivity contribution in [3.63, 3.8) is 0 Å². The highest BCUT2D eigenvalue weighted by molar-refractivity contribution is 5.81. The number of likely N-dealkylation sites (N-methyl/N-ethyl adjacent to an activating group) is 2. The van der Waals surface area contributed by atoms with Crippen LogP contribution in [0.4, 0.5) is 0 Å². The minimum absolute atomic E-state index is 0.124. The summed E-state index contributed by atoms with van der Waals surface area (Å²) in [4.78, 5) is 6.79. The van der Waals surface area contributed by atoms with Crippen LogP contribution in [0.5, 0.6) is 0 Å². The molecule has 1 heterocycles. The Morgan fingerprint density at radius 3 is 2.57 bits per heavy atom. The molecule has 0 radical (unpaired) electrons. The lowest BCUT2D eigenvalue weighted by atomic mass is 9.83. The van der Waals surface area contributed by atoms with E-state index in [1.807, 2.05) is 12.3 Å². The van der Waals surface area contributed by atoms with Gasteiger partial charge in [-0.25, -0.2) is 0 Å². The highest BCUT2D eigenvalue weighted by Crippen LogP contribution is 2.26. The maximum absolute atomic E-state index is 4.46. The van der Waals surface area contributed by atoms with Gasteiger partial charge in [-0.3, -0.25) is 4.98 Å². The number of aromatic nitrogens is 1. The first-order valence-electron chi connectivity index (χ1n) is 7.70. The van der Waals surface area contributed by atoms with E-state index in [0.29, 0.717) is 6.04 Å². The van der Waals surface area contributed by atoms with Crippen molar-refractivity contribution in [2.75, 3.05) is 21.1 Å². The predicted octanol–water partition coefficient (Wildman–Crippen LogP) is 3.10.